The quantitative estimate of drug-likeness (QED) is 0.792. The minimum absolute atomic E-state index is 0.0986. The first-order valence-electron chi connectivity index (χ1n) is 5.68. The van der Waals surface area contributed by atoms with Gasteiger partial charge in [0.05, 0.1) is 11.9 Å². The molecule has 1 saturated carbocycles. The monoisotopic (exact) mass is 233 g/mol. The molecule has 5 atom stereocenters. The minimum atomic E-state index is -0.831. The van der Waals surface area contributed by atoms with Crippen LogP contribution in [0.15, 0.2) is 0 Å². The molecule has 3 nitrogen and oxygen atoms in total. The van der Waals surface area contributed by atoms with Crippen molar-refractivity contribution >= 4 is 10.8 Å². The van der Waals surface area contributed by atoms with Crippen LogP contribution < -0.4 is 5.73 Å². The Labute approximate surface area is 95.2 Å². The van der Waals surface area contributed by atoms with Gasteiger partial charge in [-0.15, -0.1) is 0 Å². The molecule has 0 aromatic carbocycles. The largest absolute Gasteiger partial charge is 0.384 e. The summed E-state index contributed by atoms with van der Waals surface area (Å²) in [6.45, 7) is 4.97. The van der Waals surface area contributed by atoms with Crippen LogP contribution in [0.1, 0.15) is 26.7 Å². The summed E-state index contributed by atoms with van der Waals surface area (Å²) in [7, 11) is 0.811. The number of nitrogens with two attached hydrogens (primary N) is 1. The molecule has 1 aliphatic rings. The van der Waals surface area contributed by atoms with Crippen LogP contribution in [0.5, 0.6) is 0 Å². The van der Waals surface area contributed by atoms with E-state index < -0.39 is 10.8 Å². The summed E-state index contributed by atoms with van der Waals surface area (Å²) in [5.41, 5.74) is 6.10. The SMILES string of the molecule is COCCS(=O)C1C(C)CC(C)CC1N. The van der Waals surface area contributed by atoms with Crippen molar-refractivity contribution in [3.8, 4) is 0 Å². The summed E-state index contributed by atoms with van der Waals surface area (Å²) in [5, 5.41) is 0.163. The Balaban J connectivity index is 2.54. The van der Waals surface area contributed by atoms with E-state index in [0.717, 1.165) is 12.8 Å². The van der Waals surface area contributed by atoms with Crippen LogP contribution >= 0.6 is 0 Å². The fraction of sp³-hybridized carbons (Fsp3) is 1.00. The predicted octanol–water partition coefficient (Wildman–Crippen LogP) is 1.14. The van der Waals surface area contributed by atoms with Crippen molar-refractivity contribution in [3.05, 3.63) is 0 Å². The molecule has 1 rings (SSSR count). The third-order valence-electron chi connectivity index (χ3n) is 3.22. The van der Waals surface area contributed by atoms with Crippen LogP contribution in [0.2, 0.25) is 0 Å². The number of ether oxygens (including phenoxy) is 1. The third kappa shape index (κ3) is 3.54. The maximum absolute atomic E-state index is 12.0. The van der Waals surface area contributed by atoms with Gasteiger partial charge in [0.2, 0.25) is 0 Å². The molecule has 4 heteroatoms. The summed E-state index contributed by atoms with van der Waals surface area (Å²) in [5.74, 6) is 1.76. The first-order valence-corrected chi connectivity index (χ1v) is 7.06. The molecule has 1 fully saturated rings. The van der Waals surface area contributed by atoms with E-state index in [-0.39, 0.29) is 11.3 Å². The highest BCUT2D eigenvalue weighted by molar-refractivity contribution is 7.85. The van der Waals surface area contributed by atoms with Crippen LogP contribution in [-0.4, -0.2) is 35.0 Å². The van der Waals surface area contributed by atoms with Gasteiger partial charge in [0.1, 0.15) is 0 Å². The Bertz CT molecular complexity index is 211. The molecule has 0 aromatic rings. The Kier molecular flexibility index (Phi) is 5.23. The van der Waals surface area contributed by atoms with Crippen LogP contribution in [0.25, 0.3) is 0 Å². The van der Waals surface area contributed by atoms with E-state index in [2.05, 4.69) is 13.8 Å². The van der Waals surface area contributed by atoms with Gasteiger partial charge in [-0.3, -0.25) is 4.21 Å². The number of hydrogen-bond acceptors (Lipinski definition) is 3. The summed E-state index contributed by atoms with van der Waals surface area (Å²) in [6.07, 6.45) is 2.16. The van der Waals surface area contributed by atoms with Crippen molar-refractivity contribution in [1.29, 1.82) is 0 Å². The van der Waals surface area contributed by atoms with Crippen molar-refractivity contribution in [3.63, 3.8) is 0 Å². The molecule has 2 N–H and O–H groups in total. The van der Waals surface area contributed by atoms with Gasteiger partial charge < -0.3 is 10.5 Å². The highest BCUT2D eigenvalue weighted by Crippen LogP contribution is 2.31. The fourth-order valence-corrected chi connectivity index (χ4v) is 4.37. The van der Waals surface area contributed by atoms with Gasteiger partial charge in [-0.1, -0.05) is 13.8 Å². The van der Waals surface area contributed by atoms with Crippen molar-refractivity contribution in [2.75, 3.05) is 19.5 Å². The van der Waals surface area contributed by atoms with Crippen molar-refractivity contribution in [2.45, 2.75) is 38.0 Å². The summed E-state index contributed by atoms with van der Waals surface area (Å²) < 4.78 is 17.0. The molecular formula is C11H23NO2S. The zero-order valence-corrected chi connectivity index (χ0v) is 10.8. The van der Waals surface area contributed by atoms with E-state index in [1.165, 1.54) is 0 Å². The maximum Gasteiger partial charge on any atom is 0.0577 e. The Morgan fingerprint density at radius 2 is 2.07 bits per heavy atom. The smallest absolute Gasteiger partial charge is 0.0577 e. The summed E-state index contributed by atoms with van der Waals surface area (Å²) in [6, 6.07) is 0.0986. The van der Waals surface area contributed by atoms with Gasteiger partial charge in [-0.25, -0.2) is 0 Å². The van der Waals surface area contributed by atoms with Crippen LogP contribution in [-0.2, 0) is 15.5 Å². The number of rotatable bonds is 4. The van der Waals surface area contributed by atoms with Crippen molar-refractivity contribution in [1.82, 2.24) is 0 Å². The lowest BCUT2D eigenvalue weighted by Crippen LogP contribution is -2.48. The van der Waals surface area contributed by atoms with E-state index in [0.29, 0.717) is 24.2 Å². The van der Waals surface area contributed by atoms with Crippen molar-refractivity contribution < 1.29 is 8.95 Å². The van der Waals surface area contributed by atoms with Gasteiger partial charge >= 0.3 is 0 Å². The lowest BCUT2D eigenvalue weighted by Gasteiger charge is -2.36. The fourth-order valence-electron chi connectivity index (χ4n) is 2.64. The molecule has 0 radical (unpaired) electrons. The highest BCUT2D eigenvalue weighted by atomic mass is 32.2. The van der Waals surface area contributed by atoms with Crippen LogP contribution in [0.3, 0.4) is 0 Å². The molecule has 0 bridgehead atoms. The topological polar surface area (TPSA) is 52.3 Å². The molecule has 0 saturated heterocycles. The van der Waals surface area contributed by atoms with E-state index in [9.17, 15) is 4.21 Å². The molecule has 0 heterocycles. The Morgan fingerprint density at radius 1 is 1.40 bits per heavy atom. The van der Waals surface area contributed by atoms with E-state index in [4.69, 9.17) is 10.5 Å². The third-order valence-corrected chi connectivity index (χ3v) is 5.21. The highest BCUT2D eigenvalue weighted by Gasteiger charge is 2.35. The molecule has 15 heavy (non-hydrogen) atoms. The lowest BCUT2D eigenvalue weighted by atomic mass is 9.80. The first-order chi connectivity index (χ1) is 7.06. The number of methoxy groups -OCH3 is 1. The predicted molar refractivity (Wildman–Crippen MR) is 64.2 cm³/mol. The average Bonchev–Trinajstić information content (AvgIpc) is 2.12. The minimum Gasteiger partial charge on any atom is -0.384 e. The Morgan fingerprint density at radius 3 is 2.60 bits per heavy atom. The van der Waals surface area contributed by atoms with E-state index in [1.807, 2.05) is 0 Å². The zero-order chi connectivity index (χ0) is 11.4. The second-order valence-electron chi connectivity index (χ2n) is 4.76. The standard InChI is InChI=1S/C11H23NO2S/c1-8-6-9(2)11(10(12)7-8)15(13)5-4-14-3/h8-11H,4-7,12H2,1-3H3. The van der Waals surface area contributed by atoms with E-state index in [1.54, 1.807) is 7.11 Å². The average molecular weight is 233 g/mol. The van der Waals surface area contributed by atoms with Crippen LogP contribution in [0, 0.1) is 11.8 Å². The van der Waals surface area contributed by atoms with Gasteiger partial charge in [0, 0.05) is 29.7 Å². The second-order valence-corrected chi connectivity index (χ2v) is 6.47. The molecule has 0 spiro atoms. The van der Waals surface area contributed by atoms with Gasteiger partial charge in [0.25, 0.3) is 0 Å². The van der Waals surface area contributed by atoms with Gasteiger partial charge in [0.15, 0.2) is 0 Å². The lowest BCUT2D eigenvalue weighted by molar-refractivity contribution is 0.216. The normalized spacial score (nSPS) is 38.9. The summed E-state index contributed by atoms with van der Waals surface area (Å²) in [4.78, 5) is 0. The summed E-state index contributed by atoms with van der Waals surface area (Å²) >= 11 is 0. The molecule has 1 aliphatic carbocycles. The second kappa shape index (κ2) is 5.97. The van der Waals surface area contributed by atoms with Gasteiger partial charge in [-0.2, -0.15) is 0 Å². The van der Waals surface area contributed by atoms with E-state index >= 15 is 0 Å². The van der Waals surface area contributed by atoms with Crippen LogP contribution in [0.4, 0.5) is 0 Å². The first kappa shape index (κ1) is 13.1. The molecule has 5 unspecified atom stereocenters. The van der Waals surface area contributed by atoms with Gasteiger partial charge in [-0.05, 0) is 24.7 Å². The van der Waals surface area contributed by atoms with Crippen molar-refractivity contribution in [2.24, 2.45) is 17.6 Å². The zero-order valence-electron chi connectivity index (χ0n) is 9.94. The molecular weight excluding hydrogens is 210 g/mol. The molecule has 0 amide bonds. The number of hydrogen-bond donors (Lipinski definition) is 1. The Hall–Kier alpha value is 0.0700. The molecule has 0 aromatic heterocycles. The molecule has 0 aliphatic heterocycles. The molecule has 90 valence electrons. The maximum atomic E-state index is 12.0.